The minimum absolute atomic E-state index is 0.0896. The van der Waals surface area contributed by atoms with E-state index in [9.17, 15) is 8.78 Å². The maximum atomic E-state index is 13.3. The summed E-state index contributed by atoms with van der Waals surface area (Å²) >= 11 is 0. The van der Waals surface area contributed by atoms with Gasteiger partial charge in [-0.2, -0.15) is 0 Å². The number of hydrogen-bond acceptors (Lipinski definition) is 0. The molecule has 0 fully saturated rings. The van der Waals surface area contributed by atoms with Gasteiger partial charge < -0.3 is 0 Å². The second-order valence-electron chi connectivity index (χ2n) is 5.17. The SMILES string of the molecule is BC(F)(F)c1cc(C(C)(C)C)ccc1C. The summed E-state index contributed by atoms with van der Waals surface area (Å²) in [6.07, 6.45) is 0. The first-order chi connectivity index (χ1) is 6.62. The summed E-state index contributed by atoms with van der Waals surface area (Å²) in [5, 5.41) is 0. The first-order valence-corrected chi connectivity index (χ1v) is 5.12. The maximum absolute atomic E-state index is 13.3. The van der Waals surface area contributed by atoms with Crippen molar-refractivity contribution in [1.29, 1.82) is 0 Å². The van der Waals surface area contributed by atoms with Crippen LogP contribution in [0.5, 0.6) is 0 Å². The number of benzene rings is 1. The molecule has 0 unspecified atom stereocenters. The van der Waals surface area contributed by atoms with Gasteiger partial charge >= 0.3 is 0 Å². The van der Waals surface area contributed by atoms with Crippen LogP contribution in [0.1, 0.15) is 37.5 Å². The maximum Gasteiger partial charge on any atom is 0.231 e. The lowest BCUT2D eigenvalue weighted by Gasteiger charge is -2.22. The van der Waals surface area contributed by atoms with E-state index in [1.54, 1.807) is 19.1 Å². The summed E-state index contributed by atoms with van der Waals surface area (Å²) in [5.41, 5.74) is 1.64. The van der Waals surface area contributed by atoms with Crippen LogP contribution in [0.15, 0.2) is 18.2 Å². The molecule has 0 aliphatic rings. The average molecular weight is 210 g/mol. The van der Waals surface area contributed by atoms with Gasteiger partial charge in [-0.25, -0.2) is 8.78 Å². The van der Waals surface area contributed by atoms with Crippen LogP contribution >= 0.6 is 0 Å². The van der Waals surface area contributed by atoms with Gasteiger partial charge in [0.25, 0.3) is 0 Å². The van der Waals surface area contributed by atoms with Gasteiger partial charge in [0, 0.05) is 5.56 Å². The monoisotopic (exact) mass is 210 g/mol. The Balaban J connectivity index is 3.30. The molecule has 0 aromatic heterocycles. The molecule has 0 aliphatic carbocycles. The predicted octanol–water partition coefficient (Wildman–Crippen LogP) is 2.97. The number of aryl methyl sites for hydroxylation is 1. The zero-order valence-corrected chi connectivity index (χ0v) is 9.99. The van der Waals surface area contributed by atoms with E-state index in [2.05, 4.69) is 0 Å². The fraction of sp³-hybridized carbons (Fsp3) is 0.500. The number of rotatable bonds is 1. The van der Waals surface area contributed by atoms with Gasteiger partial charge in [0.15, 0.2) is 7.85 Å². The highest BCUT2D eigenvalue weighted by molar-refractivity contribution is 6.13. The Bertz CT molecular complexity index is 359. The minimum Gasteiger partial charge on any atom is -0.213 e. The lowest BCUT2D eigenvalue weighted by Crippen LogP contribution is -2.18. The van der Waals surface area contributed by atoms with Crippen LogP contribution in [0.3, 0.4) is 0 Å². The van der Waals surface area contributed by atoms with Crippen molar-refractivity contribution in [2.45, 2.75) is 38.9 Å². The fourth-order valence-electron chi connectivity index (χ4n) is 1.56. The second kappa shape index (κ2) is 3.62. The normalized spacial score (nSPS) is 12.9. The van der Waals surface area contributed by atoms with E-state index < -0.39 is 5.82 Å². The molecular formula is C12H17BF2. The molecule has 0 saturated carbocycles. The van der Waals surface area contributed by atoms with Crippen molar-refractivity contribution in [3.8, 4) is 0 Å². The molecule has 1 aromatic carbocycles. The predicted molar refractivity (Wildman–Crippen MR) is 62.3 cm³/mol. The molecule has 0 nitrogen and oxygen atoms in total. The van der Waals surface area contributed by atoms with E-state index >= 15 is 0 Å². The minimum atomic E-state index is -2.76. The molecule has 1 aromatic rings. The summed E-state index contributed by atoms with van der Waals surface area (Å²) in [4.78, 5) is 0. The van der Waals surface area contributed by atoms with Crippen molar-refractivity contribution in [1.82, 2.24) is 0 Å². The largest absolute Gasteiger partial charge is 0.231 e. The molecule has 0 bridgehead atoms. The van der Waals surface area contributed by atoms with Crippen LogP contribution in [0, 0.1) is 6.92 Å². The molecule has 0 aliphatic heterocycles. The summed E-state index contributed by atoms with van der Waals surface area (Å²) in [7, 11) is 0.946. The number of halogens is 2. The zero-order chi connectivity index (χ0) is 11.9. The Morgan fingerprint density at radius 2 is 1.67 bits per heavy atom. The molecular weight excluding hydrogens is 193 g/mol. The van der Waals surface area contributed by atoms with Crippen molar-refractivity contribution < 1.29 is 8.78 Å². The summed E-state index contributed by atoms with van der Waals surface area (Å²) < 4.78 is 26.6. The van der Waals surface area contributed by atoms with Crippen LogP contribution in [-0.4, -0.2) is 7.85 Å². The molecule has 0 N–H and O–H groups in total. The quantitative estimate of drug-likeness (QED) is 0.625. The van der Waals surface area contributed by atoms with Gasteiger partial charge in [0.1, 0.15) is 0 Å². The molecule has 82 valence electrons. The van der Waals surface area contributed by atoms with Crippen molar-refractivity contribution in [2.75, 3.05) is 0 Å². The third-order valence-electron chi connectivity index (χ3n) is 2.58. The lowest BCUT2D eigenvalue weighted by atomic mass is 9.81. The first kappa shape index (κ1) is 12.2. The van der Waals surface area contributed by atoms with E-state index in [1.807, 2.05) is 26.8 Å². The van der Waals surface area contributed by atoms with E-state index in [4.69, 9.17) is 0 Å². The van der Waals surface area contributed by atoms with Crippen molar-refractivity contribution >= 4 is 7.85 Å². The second-order valence-corrected chi connectivity index (χ2v) is 5.17. The Hall–Kier alpha value is -0.855. The molecule has 15 heavy (non-hydrogen) atoms. The lowest BCUT2D eigenvalue weighted by molar-refractivity contribution is 0.0932. The molecule has 0 spiro atoms. The summed E-state index contributed by atoms with van der Waals surface area (Å²) in [6.45, 7) is 7.79. The van der Waals surface area contributed by atoms with Gasteiger partial charge in [-0.3, -0.25) is 0 Å². The van der Waals surface area contributed by atoms with E-state index in [-0.39, 0.29) is 11.0 Å². The number of hydrogen-bond donors (Lipinski definition) is 0. The fourth-order valence-corrected chi connectivity index (χ4v) is 1.56. The van der Waals surface area contributed by atoms with Gasteiger partial charge in [-0.15, -0.1) is 0 Å². The Labute approximate surface area is 91.1 Å². The molecule has 0 amide bonds. The van der Waals surface area contributed by atoms with E-state index in [1.165, 1.54) is 0 Å². The highest BCUT2D eigenvalue weighted by atomic mass is 19.3. The van der Waals surface area contributed by atoms with Crippen molar-refractivity contribution in [2.24, 2.45) is 0 Å². The Kier molecular flexibility index (Phi) is 2.95. The van der Waals surface area contributed by atoms with Crippen LogP contribution < -0.4 is 0 Å². The Morgan fingerprint density at radius 3 is 2.07 bits per heavy atom. The molecule has 0 atom stereocenters. The van der Waals surface area contributed by atoms with Crippen LogP contribution in [-0.2, 0) is 11.2 Å². The summed E-state index contributed by atoms with van der Waals surface area (Å²) in [6, 6.07) is 5.31. The molecule has 0 radical (unpaired) electrons. The third kappa shape index (κ3) is 2.80. The molecule has 3 heteroatoms. The van der Waals surface area contributed by atoms with E-state index in [0.717, 1.165) is 13.4 Å². The van der Waals surface area contributed by atoms with Crippen molar-refractivity contribution in [3.63, 3.8) is 0 Å². The number of alkyl halides is 2. The first-order valence-electron chi connectivity index (χ1n) is 5.12. The van der Waals surface area contributed by atoms with Gasteiger partial charge in [-0.1, -0.05) is 32.9 Å². The zero-order valence-electron chi connectivity index (χ0n) is 9.99. The average Bonchev–Trinajstić information content (AvgIpc) is 2.00. The van der Waals surface area contributed by atoms with Gasteiger partial charge in [0.2, 0.25) is 5.82 Å². The molecule has 0 saturated heterocycles. The Morgan fingerprint density at radius 1 is 1.13 bits per heavy atom. The van der Waals surface area contributed by atoms with Crippen LogP contribution in [0.2, 0.25) is 0 Å². The van der Waals surface area contributed by atoms with Gasteiger partial charge in [-0.05, 0) is 29.5 Å². The highest BCUT2D eigenvalue weighted by Crippen LogP contribution is 2.31. The van der Waals surface area contributed by atoms with Crippen LogP contribution in [0.4, 0.5) is 8.78 Å². The van der Waals surface area contributed by atoms with Crippen LogP contribution in [0.25, 0.3) is 0 Å². The third-order valence-corrected chi connectivity index (χ3v) is 2.58. The smallest absolute Gasteiger partial charge is 0.213 e. The molecule has 1 rings (SSSR count). The van der Waals surface area contributed by atoms with Gasteiger partial charge in [0.05, 0.1) is 0 Å². The highest BCUT2D eigenvalue weighted by Gasteiger charge is 2.27. The topological polar surface area (TPSA) is 0 Å². The molecule has 0 heterocycles. The van der Waals surface area contributed by atoms with Crippen molar-refractivity contribution in [3.05, 3.63) is 34.9 Å². The summed E-state index contributed by atoms with van der Waals surface area (Å²) in [5.74, 6) is -2.76. The standard InChI is InChI=1S/C12H17BF2/c1-8-5-6-9(11(2,3)4)7-10(8)12(13,14)15/h5-7H,13H2,1-4H3. The van der Waals surface area contributed by atoms with E-state index in [0.29, 0.717) is 5.56 Å².